The van der Waals surface area contributed by atoms with Crippen molar-refractivity contribution < 1.29 is 9.59 Å². The molecule has 0 saturated carbocycles. The molecule has 1 heterocycles. The highest BCUT2D eigenvalue weighted by Gasteiger charge is 2.33. The Bertz CT molecular complexity index is 758. The molecule has 1 fully saturated rings. The predicted molar refractivity (Wildman–Crippen MR) is 95.2 cm³/mol. The largest absolute Gasteiger partial charge is 0.344 e. The summed E-state index contributed by atoms with van der Waals surface area (Å²) in [5.41, 5.74) is 2.78. The van der Waals surface area contributed by atoms with Gasteiger partial charge in [0.2, 0.25) is 11.8 Å². The molecule has 1 unspecified atom stereocenters. The van der Waals surface area contributed by atoms with Crippen LogP contribution < -0.4 is 10.2 Å². The maximum atomic E-state index is 12.5. The first-order valence-electron chi connectivity index (χ1n) is 7.95. The zero-order valence-electron chi connectivity index (χ0n) is 13.5. The fourth-order valence-electron chi connectivity index (χ4n) is 2.86. The van der Waals surface area contributed by atoms with Crippen LogP contribution >= 0.6 is 11.6 Å². The molecule has 2 aromatic rings. The van der Waals surface area contributed by atoms with Gasteiger partial charge in [-0.3, -0.25) is 9.59 Å². The molecular weight excluding hydrogens is 324 g/mol. The van der Waals surface area contributed by atoms with Crippen LogP contribution in [-0.4, -0.2) is 24.4 Å². The van der Waals surface area contributed by atoms with Crippen molar-refractivity contribution in [3.63, 3.8) is 0 Å². The van der Waals surface area contributed by atoms with E-state index in [2.05, 4.69) is 5.32 Å². The topological polar surface area (TPSA) is 49.4 Å². The number of nitrogens with one attached hydrogen (secondary N) is 1. The number of halogens is 1. The molecule has 2 amide bonds. The summed E-state index contributed by atoms with van der Waals surface area (Å²) in [6.07, 6.45) is 0.787. The average Bonchev–Trinajstić information content (AvgIpc) is 2.91. The summed E-state index contributed by atoms with van der Waals surface area (Å²) >= 11 is 6.07. The quantitative estimate of drug-likeness (QED) is 0.928. The van der Waals surface area contributed by atoms with Crippen molar-refractivity contribution in [2.24, 2.45) is 0 Å². The van der Waals surface area contributed by atoms with Crippen LogP contribution in [0.25, 0.3) is 0 Å². The lowest BCUT2D eigenvalue weighted by atomic mass is 10.1. The van der Waals surface area contributed by atoms with E-state index >= 15 is 0 Å². The Labute approximate surface area is 146 Å². The standard InChI is InChI=1S/C19H19ClN2O2/c1-13-6-8-15(9-7-13)22-11-10-17(19(22)24)21-18(23)12-14-4-2-3-5-16(14)20/h2-9,17H,10-12H2,1H3,(H,21,23). The van der Waals surface area contributed by atoms with Crippen molar-refractivity contribution in [2.75, 3.05) is 11.4 Å². The van der Waals surface area contributed by atoms with Crippen molar-refractivity contribution in [3.05, 3.63) is 64.7 Å². The first-order chi connectivity index (χ1) is 11.5. The monoisotopic (exact) mass is 342 g/mol. The molecule has 124 valence electrons. The van der Waals surface area contributed by atoms with Gasteiger partial charge in [0.15, 0.2) is 0 Å². The zero-order valence-corrected chi connectivity index (χ0v) is 14.2. The second-order valence-electron chi connectivity index (χ2n) is 6.00. The fourth-order valence-corrected chi connectivity index (χ4v) is 3.06. The fraction of sp³-hybridized carbons (Fsp3) is 0.263. The Balaban J connectivity index is 1.62. The van der Waals surface area contributed by atoms with E-state index in [1.54, 1.807) is 11.0 Å². The summed E-state index contributed by atoms with van der Waals surface area (Å²) in [5.74, 6) is -0.251. The first-order valence-corrected chi connectivity index (χ1v) is 8.33. The summed E-state index contributed by atoms with van der Waals surface area (Å²) in [6.45, 7) is 2.62. The molecule has 1 atom stereocenters. The highest BCUT2D eigenvalue weighted by molar-refractivity contribution is 6.31. The van der Waals surface area contributed by atoms with E-state index in [4.69, 9.17) is 11.6 Å². The van der Waals surface area contributed by atoms with Gasteiger partial charge >= 0.3 is 0 Å². The molecule has 2 aromatic carbocycles. The molecule has 1 N–H and O–H groups in total. The highest BCUT2D eigenvalue weighted by atomic mass is 35.5. The Morgan fingerprint density at radius 1 is 1.21 bits per heavy atom. The molecule has 3 rings (SSSR count). The number of hydrogen-bond donors (Lipinski definition) is 1. The third-order valence-electron chi connectivity index (χ3n) is 4.20. The molecule has 5 heteroatoms. The molecule has 1 saturated heterocycles. The van der Waals surface area contributed by atoms with E-state index in [1.807, 2.05) is 49.4 Å². The van der Waals surface area contributed by atoms with Gasteiger partial charge in [-0.25, -0.2) is 0 Å². The van der Waals surface area contributed by atoms with Gasteiger partial charge in [-0.05, 0) is 37.1 Å². The first kappa shape index (κ1) is 16.5. The number of anilines is 1. The summed E-state index contributed by atoms with van der Waals surface area (Å²) in [7, 11) is 0. The number of benzene rings is 2. The lowest BCUT2D eigenvalue weighted by molar-refractivity contribution is -0.126. The zero-order chi connectivity index (χ0) is 17.1. The number of aryl methyl sites for hydroxylation is 1. The summed E-state index contributed by atoms with van der Waals surface area (Å²) < 4.78 is 0. The van der Waals surface area contributed by atoms with Gasteiger partial charge in [0, 0.05) is 17.3 Å². The van der Waals surface area contributed by atoms with Gasteiger partial charge in [0.05, 0.1) is 6.42 Å². The van der Waals surface area contributed by atoms with Gasteiger partial charge < -0.3 is 10.2 Å². The van der Waals surface area contributed by atoms with Crippen molar-refractivity contribution in [2.45, 2.75) is 25.8 Å². The van der Waals surface area contributed by atoms with E-state index in [-0.39, 0.29) is 18.2 Å². The van der Waals surface area contributed by atoms with Gasteiger partial charge in [-0.1, -0.05) is 47.5 Å². The van der Waals surface area contributed by atoms with E-state index in [0.717, 1.165) is 16.8 Å². The van der Waals surface area contributed by atoms with Crippen LogP contribution in [0.4, 0.5) is 5.69 Å². The van der Waals surface area contributed by atoms with E-state index < -0.39 is 6.04 Å². The van der Waals surface area contributed by atoms with Crippen LogP contribution in [0, 0.1) is 6.92 Å². The smallest absolute Gasteiger partial charge is 0.249 e. The summed E-state index contributed by atoms with van der Waals surface area (Å²) in [5, 5.41) is 3.39. The number of carbonyl (C=O) groups is 2. The van der Waals surface area contributed by atoms with E-state index in [9.17, 15) is 9.59 Å². The molecule has 24 heavy (non-hydrogen) atoms. The number of amides is 2. The normalized spacial score (nSPS) is 17.2. The predicted octanol–water partition coefficient (Wildman–Crippen LogP) is 3.11. The number of hydrogen-bond acceptors (Lipinski definition) is 2. The SMILES string of the molecule is Cc1ccc(N2CCC(NC(=O)Cc3ccccc3Cl)C2=O)cc1. The third kappa shape index (κ3) is 3.60. The van der Waals surface area contributed by atoms with E-state index in [1.165, 1.54) is 0 Å². The molecule has 1 aliphatic rings. The number of nitrogens with zero attached hydrogens (tertiary/aromatic N) is 1. The number of rotatable bonds is 4. The summed E-state index contributed by atoms with van der Waals surface area (Å²) in [4.78, 5) is 26.5. The molecule has 0 aliphatic carbocycles. The van der Waals surface area contributed by atoms with Crippen LogP contribution in [0.15, 0.2) is 48.5 Å². The van der Waals surface area contributed by atoms with Crippen molar-refractivity contribution in [1.29, 1.82) is 0 Å². The van der Waals surface area contributed by atoms with Crippen LogP contribution in [-0.2, 0) is 16.0 Å². The van der Waals surface area contributed by atoms with Crippen LogP contribution in [0.2, 0.25) is 5.02 Å². The van der Waals surface area contributed by atoms with Crippen molar-refractivity contribution in [1.82, 2.24) is 5.32 Å². The van der Waals surface area contributed by atoms with Gasteiger partial charge in [-0.2, -0.15) is 0 Å². The lowest BCUT2D eigenvalue weighted by Gasteiger charge is -2.17. The maximum absolute atomic E-state index is 12.5. The van der Waals surface area contributed by atoms with Crippen LogP contribution in [0.3, 0.4) is 0 Å². The molecule has 0 bridgehead atoms. The third-order valence-corrected chi connectivity index (χ3v) is 4.56. The van der Waals surface area contributed by atoms with Crippen LogP contribution in [0.5, 0.6) is 0 Å². The molecule has 1 aliphatic heterocycles. The minimum absolute atomic E-state index is 0.0636. The Kier molecular flexibility index (Phi) is 4.86. The van der Waals surface area contributed by atoms with Crippen molar-refractivity contribution >= 4 is 29.1 Å². The Morgan fingerprint density at radius 3 is 2.62 bits per heavy atom. The number of carbonyl (C=O) groups excluding carboxylic acids is 2. The van der Waals surface area contributed by atoms with Gasteiger partial charge in [0.1, 0.15) is 6.04 Å². The van der Waals surface area contributed by atoms with Gasteiger partial charge in [0.25, 0.3) is 0 Å². The molecule has 4 nitrogen and oxygen atoms in total. The average molecular weight is 343 g/mol. The Morgan fingerprint density at radius 2 is 1.92 bits per heavy atom. The van der Waals surface area contributed by atoms with Crippen LogP contribution in [0.1, 0.15) is 17.5 Å². The lowest BCUT2D eigenvalue weighted by Crippen LogP contribution is -2.42. The molecule has 0 aromatic heterocycles. The molecular formula is C19H19ClN2O2. The second-order valence-corrected chi connectivity index (χ2v) is 6.41. The summed E-state index contributed by atoms with van der Waals surface area (Å²) in [6, 6.07) is 14.6. The maximum Gasteiger partial charge on any atom is 0.249 e. The minimum atomic E-state index is -0.471. The minimum Gasteiger partial charge on any atom is -0.344 e. The Hall–Kier alpha value is -2.33. The van der Waals surface area contributed by atoms with E-state index in [0.29, 0.717) is 18.0 Å². The molecule has 0 spiro atoms. The highest BCUT2D eigenvalue weighted by Crippen LogP contribution is 2.22. The second kappa shape index (κ2) is 7.05. The molecule has 0 radical (unpaired) electrons. The van der Waals surface area contributed by atoms with Gasteiger partial charge in [-0.15, -0.1) is 0 Å². The van der Waals surface area contributed by atoms with Crippen molar-refractivity contribution in [3.8, 4) is 0 Å².